The molecule has 0 spiro atoms. The van der Waals surface area contributed by atoms with Gasteiger partial charge in [-0.2, -0.15) is 0 Å². The molecule has 15 heteroatoms. The Morgan fingerprint density at radius 2 is 1.52 bits per heavy atom. The topological polar surface area (TPSA) is 226 Å². The maximum Gasteiger partial charge on any atom is 0.290 e. The molecule has 56 heavy (non-hydrogen) atoms. The molecular formula is C41H56N6O9. The van der Waals surface area contributed by atoms with Crippen LogP contribution in [0.4, 0.5) is 0 Å². The van der Waals surface area contributed by atoms with Gasteiger partial charge in [0.25, 0.3) is 11.8 Å². The highest BCUT2D eigenvalue weighted by Gasteiger charge is 2.46. The van der Waals surface area contributed by atoms with Gasteiger partial charge in [0.2, 0.25) is 23.5 Å². The van der Waals surface area contributed by atoms with Gasteiger partial charge in [-0.25, -0.2) is 0 Å². The van der Waals surface area contributed by atoms with E-state index >= 15 is 0 Å². The van der Waals surface area contributed by atoms with E-state index < -0.39 is 84.0 Å². The quantitative estimate of drug-likeness (QED) is 0.0827. The highest BCUT2D eigenvalue weighted by atomic mass is 16.5. The molecule has 0 aromatic heterocycles. The molecule has 2 aromatic rings. The zero-order chi connectivity index (χ0) is 41.2. The average molecular weight is 777 g/mol. The molecule has 2 fully saturated rings. The van der Waals surface area contributed by atoms with Gasteiger partial charge in [0, 0.05) is 18.5 Å². The second-order valence-electron chi connectivity index (χ2n) is 15.5. The lowest BCUT2D eigenvalue weighted by atomic mass is 9.83. The molecule has 15 nitrogen and oxygen atoms in total. The molecule has 2 aromatic carbocycles. The van der Waals surface area contributed by atoms with Crippen LogP contribution in [0.3, 0.4) is 0 Å². The number of hydrogen-bond donors (Lipinski definition) is 6. The smallest absolute Gasteiger partial charge is 0.290 e. The van der Waals surface area contributed by atoms with E-state index in [1.54, 1.807) is 55.5 Å². The van der Waals surface area contributed by atoms with Gasteiger partial charge in [-0.15, -0.1) is 0 Å². The minimum Gasteiger partial charge on any atom is -0.376 e. The molecule has 1 saturated heterocycles. The number of ketones is 2. The van der Waals surface area contributed by atoms with Gasteiger partial charge in [0.1, 0.15) is 18.3 Å². The van der Waals surface area contributed by atoms with Crippen LogP contribution in [-0.2, 0) is 28.7 Å². The molecule has 5 amide bonds. The summed E-state index contributed by atoms with van der Waals surface area (Å²) in [6.07, 6.45) is 2.20. The first-order chi connectivity index (χ1) is 26.5. The number of carbonyl (C=O) groups is 7. The van der Waals surface area contributed by atoms with Gasteiger partial charge in [-0.1, -0.05) is 74.7 Å². The van der Waals surface area contributed by atoms with Crippen LogP contribution in [0.15, 0.2) is 54.6 Å². The number of nitrogens with zero attached hydrogens (tertiary/aromatic N) is 1. The van der Waals surface area contributed by atoms with E-state index in [-0.39, 0.29) is 42.2 Å². The van der Waals surface area contributed by atoms with E-state index in [1.807, 2.05) is 20.8 Å². The molecule has 1 saturated carbocycles. The maximum atomic E-state index is 14.6. The molecule has 6 atom stereocenters. The van der Waals surface area contributed by atoms with Gasteiger partial charge < -0.3 is 41.7 Å². The molecular weight excluding hydrogens is 720 g/mol. The average Bonchev–Trinajstić information content (AvgIpc) is 3.59. The number of amides is 5. The first-order valence-electron chi connectivity index (χ1n) is 19.3. The van der Waals surface area contributed by atoms with Gasteiger partial charge in [-0.05, 0) is 64.5 Å². The van der Waals surface area contributed by atoms with Crippen LogP contribution in [0.5, 0.6) is 0 Å². The van der Waals surface area contributed by atoms with Crippen molar-refractivity contribution in [3.8, 4) is 0 Å². The van der Waals surface area contributed by atoms with Crippen molar-refractivity contribution in [2.45, 2.75) is 122 Å². The zero-order valence-electron chi connectivity index (χ0n) is 32.8. The summed E-state index contributed by atoms with van der Waals surface area (Å²) < 4.78 is 6.23. The monoisotopic (exact) mass is 776 g/mol. The van der Waals surface area contributed by atoms with Crippen molar-refractivity contribution >= 4 is 41.1 Å². The fourth-order valence-electron chi connectivity index (χ4n) is 7.39. The summed E-state index contributed by atoms with van der Waals surface area (Å²) >= 11 is 0. The lowest BCUT2D eigenvalue weighted by Crippen LogP contribution is -2.58. The van der Waals surface area contributed by atoms with Crippen molar-refractivity contribution in [3.63, 3.8) is 0 Å². The number of aliphatic hydroxyl groups is 1. The summed E-state index contributed by atoms with van der Waals surface area (Å²) in [5.41, 5.74) is 5.94. The van der Waals surface area contributed by atoms with Crippen molar-refractivity contribution in [2.24, 2.45) is 11.7 Å². The van der Waals surface area contributed by atoms with Crippen LogP contribution in [0, 0.1) is 5.92 Å². The third-order valence-electron chi connectivity index (χ3n) is 10.1. The fraction of sp³-hybridized carbons (Fsp3) is 0.537. The largest absolute Gasteiger partial charge is 0.376 e. The Hall–Kier alpha value is -4.99. The summed E-state index contributed by atoms with van der Waals surface area (Å²) in [7, 11) is 0. The van der Waals surface area contributed by atoms with Gasteiger partial charge >= 0.3 is 0 Å². The highest BCUT2D eigenvalue weighted by molar-refractivity contribution is 6.38. The molecule has 2 unspecified atom stereocenters. The second kappa shape index (κ2) is 19.7. The van der Waals surface area contributed by atoms with Crippen molar-refractivity contribution < 1.29 is 43.4 Å². The number of nitrogens with two attached hydrogens (primary N) is 1. The van der Waals surface area contributed by atoms with Gasteiger partial charge in [0.15, 0.2) is 5.78 Å². The van der Waals surface area contributed by atoms with Crippen LogP contribution >= 0.6 is 0 Å². The number of aliphatic hydroxyl groups excluding tert-OH is 1. The van der Waals surface area contributed by atoms with E-state index in [0.717, 1.165) is 19.3 Å². The third-order valence-corrected chi connectivity index (χ3v) is 10.1. The summed E-state index contributed by atoms with van der Waals surface area (Å²) in [5, 5.41) is 20.4. The van der Waals surface area contributed by atoms with Crippen LogP contribution in [0.2, 0.25) is 0 Å². The Labute approximate surface area is 327 Å². The van der Waals surface area contributed by atoms with Crippen molar-refractivity contribution in [2.75, 3.05) is 13.1 Å². The number of benzene rings is 2. The minimum atomic E-state index is -1.44. The molecule has 0 radical (unpaired) electrons. The first kappa shape index (κ1) is 43.7. The van der Waals surface area contributed by atoms with Crippen molar-refractivity contribution in [1.82, 2.24) is 26.2 Å². The van der Waals surface area contributed by atoms with E-state index in [0.29, 0.717) is 18.4 Å². The Morgan fingerprint density at radius 1 is 0.893 bits per heavy atom. The first-order valence-corrected chi connectivity index (χ1v) is 19.3. The molecule has 304 valence electrons. The van der Waals surface area contributed by atoms with Crippen LogP contribution in [0.1, 0.15) is 112 Å². The molecule has 7 N–H and O–H groups in total. The molecule has 1 aliphatic heterocycles. The van der Waals surface area contributed by atoms with Crippen molar-refractivity contribution in [3.05, 3.63) is 71.3 Å². The van der Waals surface area contributed by atoms with E-state index in [1.165, 1.54) is 17.9 Å². The van der Waals surface area contributed by atoms with Crippen LogP contribution < -0.4 is 27.0 Å². The van der Waals surface area contributed by atoms with Crippen LogP contribution in [-0.4, -0.2) is 100 Å². The summed E-state index contributed by atoms with van der Waals surface area (Å²) in [6, 6.07) is 10.5. The third kappa shape index (κ3) is 11.8. The number of hydrogen-bond acceptors (Lipinski definition) is 10. The fourth-order valence-corrected chi connectivity index (χ4v) is 7.39. The van der Waals surface area contributed by atoms with Crippen molar-refractivity contribution in [1.29, 1.82) is 0 Å². The minimum absolute atomic E-state index is 0.0263. The normalized spacial score (nSPS) is 19.5. The summed E-state index contributed by atoms with van der Waals surface area (Å²) in [6.45, 7) is 7.97. The SMILES string of the molecule is CCC(NC(=O)[C@@H]1C[C@@H](OC(C)(C)C)CN1C(=O)[C@@H](NC(=O)c1ccccc1C(C)=O)C1CCCCC1)C(=O)C(=O)NCC(=O)N[C@@H](c1ccccc1)C(N)O. The Balaban J connectivity index is 1.50. The molecule has 1 aliphatic carbocycles. The number of ether oxygens (including phenoxy) is 1. The molecule has 4 rings (SSSR count). The lowest BCUT2D eigenvalue weighted by molar-refractivity contribution is -0.143. The van der Waals surface area contributed by atoms with Crippen LogP contribution in [0.25, 0.3) is 0 Å². The van der Waals surface area contributed by atoms with Gasteiger partial charge in [-0.3, -0.25) is 33.6 Å². The molecule has 1 heterocycles. The number of likely N-dealkylation sites (tertiary alicyclic amines) is 1. The molecule has 0 bridgehead atoms. The second-order valence-corrected chi connectivity index (χ2v) is 15.5. The number of nitrogens with one attached hydrogen (secondary N) is 4. The standard InChI is InChI=1S/C41H56N6O9/c1-6-30(35(50)39(54)43-22-32(49)45-33(36(42)51)25-15-9-7-10-16-25)44-38(53)31-21-27(56-41(3,4)5)23-47(31)40(55)34(26-17-11-8-12-18-26)46-37(52)29-20-14-13-19-28(29)24(2)48/h7,9-10,13-16,19-20,26-27,30-31,33-34,36,51H,6,8,11-12,17-18,21-23,42H2,1-5H3,(H,43,54)(H,44,53)(H,45,49)(H,46,52)/t27-,30?,31+,33+,34+,36?/m1/s1. The number of rotatable bonds is 16. The maximum absolute atomic E-state index is 14.6. The zero-order valence-corrected chi connectivity index (χ0v) is 32.8. The number of Topliss-reactive ketones (excluding diaryl/α,β-unsaturated/α-hetero) is 2. The number of carbonyl (C=O) groups excluding carboxylic acids is 7. The van der Waals surface area contributed by atoms with E-state index in [9.17, 15) is 38.7 Å². The van der Waals surface area contributed by atoms with E-state index in [2.05, 4.69) is 21.3 Å². The summed E-state index contributed by atoms with van der Waals surface area (Å²) in [5.74, 6) is -5.08. The Kier molecular flexibility index (Phi) is 15.4. The Morgan fingerprint density at radius 3 is 2.11 bits per heavy atom. The predicted molar refractivity (Wildman–Crippen MR) is 207 cm³/mol. The highest BCUT2D eigenvalue weighted by Crippen LogP contribution is 2.31. The molecule has 2 aliphatic rings. The Bertz CT molecular complexity index is 1740. The lowest BCUT2D eigenvalue weighted by Gasteiger charge is -2.35. The van der Waals surface area contributed by atoms with E-state index in [4.69, 9.17) is 10.5 Å². The predicted octanol–water partition coefficient (Wildman–Crippen LogP) is 2.07. The van der Waals surface area contributed by atoms with Gasteiger partial charge in [0.05, 0.1) is 35.9 Å². The summed E-state index contributed by atoms with van der Waals surface area (Å²) in [4.78, 5) is 95.1.